The SMILES string of the molecule is CC1=CCOC1c1cccnc1C. The first kappa shape index (κ1) is 8.45. The Balaban J connectivity index is 2.36. The lowest BCUT2D eigenvalue weighted by atomic mass is 10.0. The van der Waals surface area contributed by atoms with E-state index in [1.165, 1.54) is 11.1 Å². The Labute approximate surface area is 78.3 Å². The summed E-state index contributed by atoms with van der Waals surface area (Å²) in [5, 5.41) is 0. The maximum Gasteiger partial charge on any atom is 0.106 e. The number of aryl methyl sites for hydroxylation is 1. The summed E-state index contributed by atoms with van der Waals surface area (Å²) in [6, 6.07) is 4.03. The number of pyridine rings is 1. The van der Waals surface area contributed by atoms with Crippen LogP contribution < -0.4 is 0 Å². The van der Waals surface area contributed by atoms with E-state index in [1.807, 2.05) is 19.2 Å². The van der Waals surface area contributed by atoms with Crippen molar-refractivity contribution >= 4 is 0 Å². The number of aromatic nitrogens is 1. The summed E-state index contributed by atoms with van der Waals surface area (Å²) >= 11 is 0. The monoisotopic (exact) mass is 175 g/mol. The molecule has 1 aliphatic rings. The van der Waals surface area contributed by atoms with Gasteiger partial charge in [-0.2, -0.15) is 0 Å². The van der Waals surface area contributed by atoms with Crippen molar-refractivity contribution in [1.82, 2.24) is 4.98 Å². The zero-order valence-corrected chi connectivity index (χ0v) is 7.95. The summed E-state index contributed by atoms with van der Waals surface area (Å²) in [5.41, 5.74) is 3.53. The van der Waals surface area contributed by atoms with Crippen molar-refractivity contribution < 1.29 is 4.74 Å². The standard InChI is InChI=1S/C11H13NO/c1-8-5-7-13-11(8)10-4-3-6-12-9(10)2/h3-6,11H,7H2,1-2H3. The fourth-order valence-electron chi connectivity index (χ4n) is 1.62. The van der Waals surface area contributed by atoms with Crippen molar-refractivity contribution in [3.8, 4) is 0 Å². The second kappa shape index (κ2) is 3.30. The number of hydrogen-bond donors (Lipinski definition) is 0. The van der Waals surface area contributed by atoms with Crippen LogP contribution in [0, 0.1) is 6.92 Å². The third-order valence-corrected chi connectivity index (χ3v) is 2.41. The molecule has 1 aromatic heterocycles. The Morgan fingerprint density at radius 3 is 2.92 bits per heavy atom. The largest absolute Gasteiger partial charge is 0.365 e. The Morgan fingerprint density at radius 2 is 2.31 bits per heavy atom. The van der Waals surface area contributed by atoms with Gasteiger partial charge in [0.2, 0.25) is 0 Å². The molecule has 68 valence electrons. The van der Waals surface area contributed by atoms with Crippen molar-refractivity contribution in [2.75, 3.05) is 6.61 Å². The van der Waals surface area contributed by atoms with Gasteiger partial charge in [-0.25, -0.2) is 0 Å². The lowest BCUT2D eigenvalue weighted by molar-refractivity contribution is 0.122. The summed E-state index contributed by atoms with van der Waals surface area (Å²) in [6.45, 7) is 4.85. The maximum atomic E-state index is 5.60. The molecule has 0 saturated heterocycles. The van der Waals surface area contributed by atoms with Crippen LogP contribution in [0.5, 0.6) is 0 Å². The third-order valence-electron chi connectivity index (χ3n) is 2.41. The molecule has 0 saturated carbocycles. The van der Waals surface area contributed by atoms with E-state index in [1.54, 1.807) is 0 Å². The number of rotatable bonds is 1. The van der Waals surface area contributed by atoms with E-state index in [4.69, 9.17) is 4.74 Å². The molecule has 0 radical (unpaired) electrons. The topological polar surface area (TPSA) is 22.1 Å². The quantitative estimate of drug-likeness (QED) is 0.611. The first-order chi connectivity index (χ1) is 6.29. The van der Waals surface area contributed by atoms with Crippen molar-refractivity contribution in [3.63, 3.8) is 0 Å². The molecule has 1 unspecified atom stereocenters. The molecule has 0 spiro atoms. The van der Waals surface area contributed by atoms with Crippen LogP contribution in [0.25, 0.3) is 0 Å². The average molecular weight is 175 g/mol. The van der Waals surface area contributed by atoms with Gasteiger partial charge in [0, 0.05) is 17.5 Å². The zero-order chi connectivity index (χ0) is 9.26. The average Bonchev–Trinajstić information content (AvgIpc) is 2.52. The van der Waals surface area contributed by atoms with E-state index < -0.39 is 0 Å². The molecule has 1 aliphatic heterocycles. The second-order valence-corrected chi connectivity index (χ2v) is 3.34. The fourth-order valence-corrected chi connectivity index (χ4v) is 1.62. The Kier molecular flexibility index (Phi) is 2.15. The number of hydrogen-bond acceptors (Lipinski definition) is 2. The second-order valence-electron chi connectivity index (χ2n) is 3.34. The highest BCUT2D eigenvalue weighted by Crippen LogP contribution is 2.30. The van der Waals surface area contributed by atoms with Gasteiger partial charge in [-0.05, 0) is 25.5 Å². The van der Waals surface area contributed by atoms with E-state index in [2.05, 4.69) is 24.1 Å². The molecule has 0 aromatic carbocycles. The molecule has 13 heavy (non-hydrogen) atoms. The molecule has 1 aromatic rings. The van der Waals surface area contributed by atoms with Crippen LogP contribution in [0.1, 0.15) is 24.3 Å². The third kappa shape index (κ3) is 1.49. The summed E-state index contributed by atoms with van der Waals surface area (Å²) < 4.78 is 5.60. The summed E-state index contributed by atoms with van der Waals surface area (Å²) in [5.74, 6) is 0. The molecule has 0 amide bonds. The zero-order valence-electron chi connectivity index (χ0n) is 7.95. The van der Waals surface area contributed by atoms with Crippen LogP contribution >= 0.6 is 0 Å². The highest BCUT2D eigenvalue weighted by molar-refractivity contribution is 5.30. The van der Waals surface area contributed by atoms with E-state index >= 15 is 0 Å². The first-order valence-electron chi connectivity index (χ1n) is 4.49. The van der Waals surface area contributed by atoms with E-state index in [0.29, 0.717) is 0 Å². The van der Waals surface area contributed by atoms with Gasteiger partial charge >= 0.3 is 0 Å². The van der Waals surface area contributed by atoms with Gasteiger partial charge in [0.25, 0.3) is 0 Å². The smallest absolute Gasteiger partial charge is 0.106 e. The molecular formula is C11H13NO. The summed E-state index contributed by atoms with van der Waals surface area (Å²) in [6.07, 6.45) is 4.07. The van der Waals surface area contributed by atoms with E-state index in [-0.39, 0.29) is 6.10 Å². The van der Waals surface area contributed by atoms with Crippen LogP contribution in [0.15, 0.2) is 30.0 Å². The lowest BCUT2D eigenvalue weighted by Gasteiger charge is -2.13. The molecule has 0 N–H and O–H groups in total. The summed E-state index contributed by atoms with van der Waals surface area (Å²) in [7, 11) is 0. The molecule has 0 fully saturated rings. The maximum absolute atomic E-state index is 5.60. The first-order valence-corrected chi connectivity index (χ1v) is 4.49. The van der Waals surface area contributed by atoms with Crippen molar-refractivity contribution in [2.45, 2.75) is 20.0 Å². The predicted molar refractivity (Wildman–Crippen MR) is 51.4 cm³/mol. The van der Waals surface area contributed by atoms with Gasteiger partial charge in [-0.3, -0.25) is 4.98 Å². The predicted octanol–water partition coefficient (Wildman–Crippen LogP) is 2.41. The van der Waals surface area contributed by atoms with Gasteiger partial charge in [0.05, 0.1) is 6.61 Å². The molecule has 2 heteroatoms. The normalized spacial score (nSPS) is 21.7. The Bertz CT molecular complexity index is 344. The van der Waals surface area contributed by atoms with Crippen LogP contribution in [-0.4, -0.2) is 11.6 Å². The minimum Gasteiger partial charge on any atom is -0.365 e. The van der Waals surface area contributed by atoms with Gasteiger partial charge in [-0.15, -0.1) is 0 Å². The fraction of sp³-hybridized carbons (Fsp3) is 0.364. The van der Waals surface area contributed by atoms with Crippen molar-refractivity contribution in [2.24, 2.45) is 0 Å². The number of ether oxygens (including phenoxy) is 1. The number of nitrogens with zero attached hydrogens (tertiary/aromatic N) is 1. The van der Waals surface area contributed by atoms with E-state index in [0.717, 1.165) is 12.3 Å². The van der Waals surface area contributed by atoms with Gasteiger partial charge in [0.1, 0.15) is 6.10 Å². The summed E-state index contributed by atoms with van der Waals surface area (Å²) in [4.78, 5) is 4.25. The molecular weight excluding hydrogens is 162 g/mol. The van der Waals surface area contributed by atoms with Crippen molar-refractivity contribution in [3.05, 3.63) is 41.2 Å². The Hall–Kier alpha value is -1.15. The molecule has 2 rings (SSSR count). The van der Waals surface area contributed by atoms with Crippen LogP contribution in [0.4, 0.5) is 0 Å². The molecule has 2 nitrogen and oxygen atoms in total. The minimum absolute atomic E-state index is 0.133. The molecule has 1 atom stereocenters. The van der Waals surface area contributed by atoms with Crippen LogP contribution in [-0.2, 0) is 4.74 Å². The Morgan fingerprint density at radius 1 is 1.46 bits per heavy atom. The highest BCUT2D eigenvalue weighted by Gasteiger charge is 2.19. The van der Waals surface area contributed by atoms with Gasteiger partial charge in [-0.1, -0.05) is 12.1 Å². The highest BCUT2D eigenvalue weighted by atomic mass is 16.5. The van der Waals surface area contributed by atoms with Crippen molar-refractivity contribution in [1.29, 1.82) is 0 Å². The van der Waals surface area contributed by atoms with Crippen LogP contribution in [0.3, 0.4) is 0 Å². The molecule has 0 bridgehead atoms. The van der Waals surface area contributed by atoms with Gasteiger partial charge < -0.3 is 4.74 Å². The molecule has 2 heterocycles. The lowest BCUT2D eigenvalue weighted by Crippen LogP contribution is -2.02. The molecule has 0 aliphatic carbocycles. The van der Waals surface area contributed by atoms with Gasteiger partial charge in [0.15, 0.2) is 0 Å². The minimum atomic E-state index is 0.133. The van der Waals surface area contributed by atoms with E-state index in [9.17, 15) is 0 Å². The van der Waals surface area contributed by atoms with Crippen LogP contribution in [0.2, 0.25) is 0 Å².